The molecule has 2 aliphatic rings. The maximum Gasteiger partial charge on any atom is 0.408 e. The van der Waals surface area contributed by atoms with Gasteiger partial charge < -0.3 is 19.9 Å². The van der Waals surface area contributed by atoms with Crippen LogP contribution in [-0.2, 0) is 14.3 Å². The fourth-order valence-corrected chi connectivity index (χ4v) is 2.92. The second kappa shape index (κ2) is 8.17. The molecule has 2 fully saturated rings. The zero-order valence-electron chi connectivity index (χ0n) is 12.8. The van der Waals surface area contributed by atoms with Gasteiger partial charge in [-0.15, -0.1) is 6.58 Å². The lowest BCUT2D eigenvalue weighted by atomic mass is 9.92. The molecule has 0 bridgehead atoms. The SMILES string of the molecule is C=CCCC[C@@H]1CC1OC(=O)N[C@H](C(=O)O)C1CCOCC1. The third-order valence-electron chi connectivity index (χ3n) is 4.38. The molecule has 1 unspecified atom stereocenters. The summed E-state index contributed by atoms with van der Waals surface area (Å²) < 4.78 is 10.5. The van der Waals surface area contributed by atoms with Crippen molar-refractivity contribution in [3.05, 3.63) is 12.7 Å². The number of aliphatic carboxylic acids is 1. The molecule has 0 spiro atoms. The molecule has 2 N–H and O–H groups in total. The van der Waals surface area contributed by atoms with Crippen LogP contribution in [-0.4, -0.2) is 42.5 Å². The van der Waals surface area contributed by atoms with Gasteiger partial charge in [0.25, 0.3) is 0 Å². The third kappa shape index (κ3) is 5.02. The number of allylic oxidation sites excluding steroid dienone is 1. The number of hydrogen-bond donors (Lipinski definition) is 2. The Balaban J connectivity index is 1.72. The molecule has 0 radical (unpaired) electrons. The lowest BCUT2D eigenvalue weighted by molar-refractivity contribution is -0.141. The third-order valence-corrected chi connectivity index (χ3v) is 4.38. The van der Waals surface area contributed by atoms with Gasteiger partial charge in [0.2, 0.25) is 0 Å². The first-order valence-corrected chi connectivity index (χ1v) is 8.00. The molecule has 22 heavy (non-hydrogen) atoms. The van der Waals surface area contributed by atoms with E-state index in [9.17, 15) is 14.7 Å². The zero-order valence-corrected chi connectivity index (χ0v) is 12.8. The predicted octanol–water partition coefficient (Wildman–Crippen LogP) is 2.34. The number of nitrogens with one attached hydrogen (secondary N) is 1. The molecule has 124 valence electrons. The van der Waals surface area contributed by atoms with Gasteiger partial charge in [-0.25, -0.2) is 9.59 Å². The largest absolute Gasteiger partial charge is 0.480 e. The maximum absolute atomic E-state index is 11.9. The van der Waals surface area contributed by atoms with Crippen molar-refractivity contribution in [2.75, 3.05) is 13.2 Å². The van der Waals surface area contributed by atoms with Crippen molar-refractivity contribution in [3.8, 4) is 0 Å². The van der Waals surface area contributed by atoms with E-state index in [0.717, 1.165) is 25.7 Å². The molecule has 1 saturated carbocycles. The number of alkyl carbamates (subject to hydrolysis) is 1. The zero-order chi connectivity index (χ0) is 15.9. The van der Waals surface area contributed by atoms with Gasteiger partial charge >= 0.3 is 12.1 Å². The Morgan fingerprint density at radius 2 is 2.14 bits per heavy atom. The molecule has 0 aromatic carbocycles. The summed E-state index contributed by atoms with van der Waals surface area (Å²) >= 11 is 0. The van der Waals surface area contributed by atoms with E-state index >= 15 is 0 Å². The van der Waals surface area contributed by atoms with E-state index in [2.05, 4.69) is 11.9 Å². The van der Waals surface area contributed by atoms with E-state index in [1.54, 1.807) is 0 Å². The van der Waals surface area contributed by atoms with E-state index in [4.69, 9.17) is 9.47 Å². The Morgan fingerprint density at radius 3 is 2.77 bits per heavy atom. The predicted molar refractivity (Wildman–Crippen MR) is 80.5 cm³/mol. The van der Waals surface area contributed by atoms with Gasteiger partial charge in [0.15, 0.2) is 0 Å². The monoisotopic (exact) mass is 311 g/mol. The summed E-state index contributed by atoms with van der Waals surface area (Å²) in [6, 6.07) is -0.894. The summed E-state index contributed by atoms with van der Waals surface area (Å²) in [6.07, 6.45) is 6.41. The molecule has 0 aromatic rings. The van der Waals surface area contributed by atoms with E-state index in [-0.39, 0.29) is 12.0 Å². The smallest absolute Gasteiger partial charge is 0.408 e. The van der Waals surface area contributed by atoms with Crippen LogP contribution in [0.3, 0.4) is 0 Å². The number of carbonyl (C=O) groups excluding carboxylic acids is 1. The number of carbonyl (C=O) groups is 2. The van der Waals surface area contributed by atoms with Gasteiger partial charge in [-0.2, -0.15) is 0 Å². The summed E-state index contributed by atoms with van der Waals surface area (Å²) in [7, 11) is 0. The normalized spacial score (nSPS) is 26.0. The van der Waals surface area contributed by atoms with Crippen LogP contribution in [0.25, 0.3) is 0 Å². The number of carboxylic acids is 1. The van der Waals surface area contributed by atoms with Crippen LogP contribution >= 0.6 is 0 Å². The van der Waals surface area contributed by atoms with E-state index in [1.807, 2.05) is 6.08 Å². The highest BCUT2D eigenvalue weighted by Crippen LogP contribution is 2.38. The Morgan fingerprint density at radius 1 is 1.41 bits per heavy atom. The number of hydrogen-bond acceptors (Lipinski definition) is 4. The van der Waals surface area contributed by atoms with Crippen molar-refractivity contribution in [1.29, 1.82) is 0 Å². The number of unbranched alkanes of at least 4 members (excludes halogenated alkanes) is 1. The minimum atomic E-state index is -1.01. The molecule has 6 heteroatoms. The van der Waals surface area contributed by atoms with E-state index < -0.39 is 18.1 Å². The molecule has 1 aliphatic carbocycles. The van der Waals surface area contributed by atoms with Crippen LogP contribution in [0.1, 0.15) is 38.5 Å². The summed E-state index contributed by atoms with van der Waals surface area (Å²) in [4.78, 5) is 23.2. The van der Waals surface area contributed by atoms with Crippen LogP contribution < -0.4 is 5.32 Å². The van der Waals surface area contributed by atoms with Crippen LogP contribution in [0.4, 0.5) is 4.79 Å². The summed E-state index contributed by atoms with van der Waals surface area (Å²) in [5, 5.41) is 11.8. The van der Waals surface area contributed by atoms with Crippen LogP contribution in [0, 0.1) is 11.8 Å². The van der Waals surface area contributed by atoms with Crippen molar-refractivity contribution in [2.45, 2.75) is 50.7 Å². The minimum Gasteiger partial charge on any atom is -0.480 e. The fourth-order valence-electron chi connectivity index (χ4n) is 2.92. The van der Waals surface area contributed by atoms with Crippen molar-refractivity contribution in [3.63, 3.8) is 0 Å². The topological polar surface area (TPSA) is 84.9 Å². The molecule has 1 saturated heterocycles. The van der Waals surface area contributed by atoms with E-state index in [1.165, 1.54) is 0 Å². The van der Waals surface area contributed by atoms with Gasteiger partial charge in [0.05, 0.1) is 0 Å². The van der Waals surface area contributed by atoms with Crippen molar-refractivity contribution >= 4 is 12.1 Å². The molecule has 1 heterocycles. The first-order chi connectivity index (χ1) is 10.6. The molecule has 1 amide bonds. The van der Waals surface area contributed by atoms with Crippen molar-refractivity contribution in [2.24, 2.45) is 11.8 Å². The Labute approximate surface area is 130 Å². The number of amides is 1. The second-order valence-electron chi connectivity index (χ2n) is 6.07. The summed E-state index contributed by atoms with van der Waals surface area (Å²) in [5.74, 6) is -0.694. The molecule has 2 rings (SSSR count). The second-order valence-corrected chi connectivity index (χ2v) is 6.07. The maximum atomic E-state index is 11.9. The van der Waals surface area contributed by atoms with Crippen LogP contribution in [0.5, 0.6) is 0 Å². The van der Waals surface area contributed by atoms with Gasteiger partial charge in [0, 0.05) is 13.2 Å². The number of ether oxygens (including phenoxy) is 2. The number of rotatable bonds is 8. The van der Waals surface area contributed by atoms with Gasteiger partial charge in [-0.1, -0.05) is 6.08 Å². The highest BCUT2D eigenvalue weighted by Gasteiger charge is 2.41. The highest BCUT2D eigenvalue weighted by atomic mass is 16.6. The number of carboxylic acid groups (broad SMARTS) is 1. The van der Waals surface area contributed by atoms with Crippen LogP contribution in [0.2, 0.25) is 0 Å². The van der Waals surface area contributed by atoms with Crippen molar-refractivity contribution in [1.82, 2.24) is 5.32 Å². The Kier molecular flexibility index (Phi) is 6.24. The van der Waals surface area contributed by atoms with Gasteiger partial charge in [-0.05, 0) is 50.4 Å². The molecule has 1 aliphatic heterocycles. The molecule has 0 aromatic heterocycles. The first kappa shape index (κ1) is 16.8. The summed E-state index contributed by atoms with van der Waals surface area (Å²) in [5.41, 5.74) is 0. The van der Waals surface area contributed by atoms with Crippen molar-refractivity contribution < 1.29 is 24.2 Å². The quantitative estimate of drug-likeness (QED) is 0.531. The Bertz CT molecular complexity index is 405. The van der Waals surface area contributed by atoms with Gasteiger partial charge in [0.1, 0.15) is 12.1 Å². The Hall–Kier alpha value is -1.56. The highest BCUT2D eigenvalue weighted by molar-refractivity contribution is 5.80. The van der Waals surface area contributed by atoms with Gasteiger partial charge in [-0.3, -0.25) is 0 Å². The minimum absolute atomic E-state index is 0.0612. The van der Waals surface area contributed by atoms with E-state index in [0.29, 0.717) is 32.0 Å². The summed E-state index contributed by atoms with van der Waals surface area (Å²) in [6.45, 7) is 4.76. The first-order valence-electron chi connectivity index (χ1n) is 8.00. The average molecular weight is 311 g/mol. The lowest BCUT2D eigenvalue weighted by Crippen LogP contribution is -2.47. The standard InChI is InChI=1S/C16H25NO5/c1-2-3-4-5-12-10-13(12)22-16(20)17-14(15(18)19)11-6-8-21-9-7-11/h2,11-14H,1,3-10H2,(H,17,20)(H,18,19)/t12-,13?,14+/m1/s1. The molecule has 3 atom stereocenters. The van der Waals surface area contributed by atoms with Crippen LogP contribution in [0.15, 0.2) is 12.7 Å². The molecular weight excluding hydrogens is 286 g/mol. The fraction of sp³-hybridized carbons (Fsp3) is 0.750. The average Bonchev–Trinajstić information content (AvgIpc) is 3.23. The molecular formula is C16H25NO5. The lowest BCUT2D eigenvalue weighted by Gasteiger charge is -2.27. The molecule has 6 nitrogen and oxygen atoms in total.